The smallest absolute Gasteiger partial charge is 0.387 e. The van der Waals surface area contributed by atoms with Crippen molar-refractivity contribution in [2.45, 2.75) is 43.9 Å². The molecule has 0 saturated carbocycles. The van der Waals surface area contributed by atoms with Crippen LogP contribution in [0.25, 0.3) is 0 Å². The quantitative estimate of drug-likeness (QED) is 0.324. The molecule has 3 amide bonds. The number of ether oxygens (including phenoxy) is 1. The van der Waals surface area contributed by atoms with Crippen molar-refractivity contribution in [1.29, 1.82) is 0 Å². The molecule has 2 fully saturated rings. The first-order valence-corrected chi connectivity index (χ1v) is 8.38. The van der Waals surface area contributed by atoms with E-state index in [9.17, 15) is 29.2 Å². The molecule has 2 rings (SSSR count). The molecule has 0 aromatic carbocycles. The highest BCUT2D eigenvalue weighted by Crippen LogP contribution is 2.37. The van der Waals surface area contributed by atoms with E-state index >= 15 is 0 Å². The molecule has 0 unspecified atom stereocenters. The van der Waals surface area contributed by atoms with E-state index in [1.54, 1.807) is 0 Å². The molecule has 0 aliphatic carbocycles. The summed E-state index contributed by atoms with van der Waals surface area (Å²) in [7, 11) is -4.83. The molecule has 2 aliphatic heterocycles. The standard InChI is InChI=1S/C11H17N2O10P/c1-4(14)5-2-7(15)12-11(18)13(5)10-9(17)8(16)6(23-10)3-22-24(19,20)21/h5-6,8-10,16-17H,2-3H2,1H3,(H,12,15,18)(H2,19,20,21)/t5-,6-,8-,9-,10-/m1/s1. The number of nitrogens with zero attached hydrogens (tertiary/aromatic N) is 1. The number of aliphatic hydroxyl groups excluding tert-OH is 2. The first-order valence-electron chi connectivity index (χ1n) is 6.85. The topological polar surface area (TPSA) is 183 Å². The predicted molar refractivity (Wildman–Crippen MR) is 73.1 cm³/mol. The van der Waals surface area contributed by atoms with E-state index in [0.717, 1.165) is 11.8 Å². The number of nitrogens with one attached hydrogen (secondary N) is 1. The zero-order valence-corrected chi connectivity index (χ0v) is 13.3. The van der Waals surface area contributed by atoms with Crippen LogP contribution in [0.4, 0.5) is 4.79 Å². The van der Waals surface area contributed by atoms with Crippen molar-refractivity contribution in [3.63, 3.8) is 0 Å². The van der Waals surface area contributed by atoms with Gasteiger partial charge in [0.15, 0.2) is 12.0 Å². The maximum Gasteiger partial charge on any atom is 0.469 e. The zero-order chi connectivity index (χ0) is 18.2. The number of hydrogen-bond donors (Lipinski definition) is 5. The summed E-state index contributed by atoms with van der Waals surface area (Å²) in [4.78, 5) is 53.2. The van der Waals surface area contributed by atoms with E-state index in [1.807, 2.05) is 5.32 Å². The fourth-order valence-corrected chi connectivity index (χ4v) is 2.89. The van der Waals surface area contributed by atoms with Crippen LogP contribution in [-0.4, -0.2) is 79.8 Å². The van der Waals surface area contributed by atoms with Crippen LogP contribution in [0.2, 0.25) is 0 Å². The van der Waals surface area contributed by atoms with Crippen LogP contribution in [0.1, 0.15) is 13.3 Å². The summed E-state index contributed by atoms with van der Waals surface area (Å²) in [6.07, 6.45) is -6.48. The Hall–Kier alpha value is -1.40. The van der Waals surface area contributed by atoms with Crippen molar-refractivity contribution in [3.8, 4) is 0 Å². The molecule has 0 spiro atoms. The van der Waals surface area contributed by atoms with Crippen molar-refractivity contribution in [3.05, 3.63) is 0 Å². The molecule has 24 heavy (non-hydrogen) atoms. The second kappa shape index (κ2) is 6.84. The fraction of sp³-hybridized carbons (Fsp3) is 0.727. The molecule has 0 aromatic heterocycles. The molecule has 136 valence electrons. The lowest BCUT2D eigenvalue weighted by Gasteiger charge is -2.38. The van der Waals surface area contributed by atoms with Crippen LogP contribution in [0, 0.1) is 0 Å². The number of rotatable bonds is 5. The molecule has 2 heterocycles. The maximum atomic E-state index is 12.0. The van der Waals surface area contributed by atoms with Crippen LogP contribution >= 0.6 is 7.82 Å². The number of carbonyl (C=O) groups excluding carboxylic acids is 3. The van der Waals surface area contributed by atoms with Crippen LogP contribution in [-0.2, 0) is 23.4 Å². The number of urea groups is 1. The Bertz CT molecular complexity index is 591. The predicted octanol–water partition coefficient (Wildman–Crippen LogP) is -2.56. The number of ketones is 1. The molecular weight excluding hydrogens is 351 g/mol. The Morgan fingerprint density at radius 2 is 2.00 bits per heavy atom. The van der Waals surface area contributed by atoms with Gasteiger partial charge in [0.1, 0.15) is 24.4 Å². The van der Waals surface area contributed by atoms with Crippen LogP contribution in [0.5, 0.6) is 0 Å². The van der Waals surface area contributed by atoms with Gasteiger partial charge in [-0.3, -0.25) is 24.3 Å². The van der Waals surface area contributed by atoms with Crippen molar-refractivity contribution in [2.24, 2.45) is 0 Å². The molecule has 5 N–H and O–H groups in total. The number of phosphoric ester groups is 1. The lowest BCUT2D eigenvalue weighted by Crippen LogP contribution is -2.62. The molecule has 13 heteroatoms. The van der Waals surface area contributed by atoms with Crippen molar-refractivity contribution in [2.75, 3.05) is 6.61 Å². The second-order valence-electron chi connectivity index (χ2n) is 5.42. The van der Waals surface area contributed by atoms with E-state index in [0.29, 0.717) is 0 Å². The van der Waals surface area contributed by atoms with E-state index in [-0.39, 0.29) is 6.42 Å². The molecule has 2 aliphatic rings. The molecule has 0 radical (unpaired) electrons. The highest BCUT2D eigenvalue weighted by molar-refractivity contribution is 7.46. The number of hydrogen-bond acceptors (Lipinski definition) is 8. The first kappa shape index (κ1) is 18.9. The Kier molecular flexibility index (Phi) is 5.40. The maximum absolute atomic E-state index is 12.0. The number of Topliss-reactive ketones (excluding diaryl/α,β-unsaturated/α-hetero) is 1. The molecule has 5 atom stereocenters. The number of amides is 3. The van der Waals surface area contributed by atoms with Gasteiger partial charge in [-0.2, -0.15) is 0 Å². The summed E-state index contributed by atoms with van der Waals surface area (Å²) in [5.41, 5.74) is 0. The van der Waals surface area contributed by atoms with Gasteiger partial charge in [0.2, 0.25) is 5.91 Å². The third-order valence-corrected chi connectivity index (χ3v) is 4.17. The summed E-state index contributed by atoms with van der Waals surface area (Å²) in [5.74, 6) is -1.20. The van der Waals surface area contributed by atoms with E-state index in [4.69, 9.17) is 14.5 Å². The van der Waals surface area contributed by atoms with Gasteiger partial charge in [-0.05, 0) is 6.92 Å². The van der Waals surface area contributed by atoms with E-state index < -0.39 is 62.7 Å². The van der Waals surface area contributed by atoms with Gasteiger partial charge in [0.25, 0.3) is 0 Å². The summed E-state index contributed by atoms with van der Waals surface area (Å²) < 4.78 is 20.2. The Morgan fingerprint density at radius 3 is 2.54 bits per heavy atom. The highest BCUT2D eigenvalue weighted by atomic mass is 31.2. The number of carbonyl (C=O) groups is 3. The van der Waals surface area contributed by atoms with Gasteiger partial charge in [0.05, 0.1) is 13.0 Å². The van der Waals surface area contributed by atoms with Gasteiger partial charge in [-0.15, -0.1) is 0 Å². The fourth-order valence-electron chi connectivity index (χ4n) is 2.55. The Labute approximate surface area is 135 Å². The SMILES string of the molecule is CC(=O)[C@H]1CC(=O)NC(=O)N1[C@@H]1O[C@H](COP(=O)(O)O)[C@@H](O)[C@H]1O. The summed E-state index contributed by atoms with van der Waals surface area (Å²) in [5, 5.41) is 21.9. The molecule has 0 bridgehead atoms. The average molecular weight is 368 g/mol. The molecule has 0 aromatic rings. The number of aliphatic hydroxyl groups is 2. The largest absolute Gasteiger partial charge is 0.469 e. The number of phosphoric acid groups is 1. The minimum absolute atomic E-state index is 0.340. The van der Waals surface area contributed by atoms with Crippen molar-refractivity contribution in [1.82, 2.24) is 10.2 Å². The third-order valence-electron chi connectivity index (χ3n) is 3.68. The first-order chi connectivity index (χ1) is 11.0. The Balaban J connectivity index is 2.17. The van der Waals surface area contributed by atoms with Gasteiger partial charge in [0, 0.05) is 0 Å². The second-order valence-corrected chi connectivity index (χ2v) is 6.66. The van der Waals surface area contributed by atoms with E-state index in [2.05, 4.69) is 4.52 Å². The van der Waals surface area contributed by atoms with Crippen molar-refractivity contribution >= 4 is 25.5 Å². The van der Waals surface area contributed by atoms with Gasteiger partial charge >= 0.3 is 13.9 Å². The molecule has 12 nitrogen and oxygen atoms in total. The highest BCUT2D eigenvalue weighted by Gasteiger charge is 2.51. The zero-order valence-electron chi connectivity index (χ0n) is 12.4. The monoisotopic (exact) mass is 368 g/mol. The van der Waals surface area contributed by atoms with Gasteiger partial charge in [-0.1, -0.05) is 0 Å². The van der Waals surface area contributed by atoms with E-state index in [1.165, 1.54) is 0 Å². The summed E-state index contributed by atoms with van der Waals surface area (Å²) in [6.45, 7) is 0.397. The van der Waals surface area contributed by atoms with Crippen LogP contribution in [0.3, 0.4) is 0 Å². The van der Waals surface area contributed by atoms with Crippen LogP contribution in [0.15, 0.2) is 0 Å². The van der Waals surface area contributed by atoms with Gasteiger partial charge in [-0.25, -0.2) is 9.36 Å². The molecule has 2 saturated heterocycles. The minimum atomic E-state index is -4.83. The Morgan fingerprint density at radius 1 is 1.38 bits per heavy atom. The lowest BCUT2D eigenvalue weighted by molar-refractivity contribution is -0.141. The minimum Gasteiger partial charge on any atom is -0.387 e. The number of imide groups is 1. The van der Waals surface area contributed by atoms with Crippen molar-refractivity contribution < 1.29 is 48.2 Å². The van der Waals surface area contributed by atoms with Gasteiger partial charge < -0.3 is 24.7 Å². The summed E-state index contributed by atoms with van der Waals surface area (Å²) in [6, 6.07) is -2.18. The molecular formula is C11H17N2O10P. The lowest BCUT2D eigenvalue weighted by atomic mass is 10.0. The third kappa shape index (κ3) is 3.98. The summed E-state index contributed by atoms with van der Waals surface area (Å²) >= 11 is 0. The normalized spacial score (nSPS) is 34.4. The average Bonchev–Trinajstić information content (AvgIpc) is 2.71. The van der Waals surface area contributed by atoms with Crippen LogP contribution < -0.4 is 5.32 Å².